The molecular weight excluding hydrogens is 310 g/mol. The van der Waals surface area contributed by atoms with Crippen molar-refractivity contribution in [2.45, 2.75) is 37.1 Å². The Morgan fingerprint density at radius 2 is 1.76 bits per heavy atom. The van der Waals surface area contributed by atoms with Crippen molar-refractivity contribution in [3.05, 3.63) is 29.8 Å². The van der Waals surface area contributed by atoms with E-state index in [9.17, 15) is 16.8 Å². The van der Waals surface area contributed by atoms with E-state index in [1.54, 1.807) is 24.3 Å². The Kier molecular flexibility index (Phi) is 4.46. The van der Waals surface area contributed by atoms with E-state index in [2.05, 4.69) is 0 Å². The summed E-state index contributed by atoms with van der Waals surface area (Å²) in [5, 5.41) is 0. The Labute approximate surface area is 126 Å². The van der Waals surface area contributed by atoms with Crippen molar-refractivity contribution < 1.29 is 16.8 Å². The molecule has 118 valence electrons. The molecule has 1 aromatic carbocycles. The highest BCUT2D eigenvalue weighted by Crippen LogP contribution is 2.24. The molecule has 1 aliphatic rings. The van der Waals surface area contributed by atoms with E-state index in [0.29, 0.717) is 12.3 Å². The first-order valence-electron chi connectivity index (χ1n) is 6.92. The van der Waals surface area contributed by atoms with E-state index in [1.807, 2.05) is 13.8 Å². The second-order valence-electron chi connectivity index (χ2n) is 5.80. The number of benzene rings is 1. The molecule has 5 nitrogen and oxygen atoms in total. The third-order valence-electron chi connectivity index (χ3n) is 3.95. The van der Waals surface area contributed by atoms with Gasteiger partial charge < -0.3 is 0 Å². The third-order valence-corrected chi connectivity index (χ3v) is 7.62. The quantitative estimate of drug-likeness (QED) is 0.840. The van der Waals surface area contributed by atoms with E-state index >= 15 is 0 Å². The molecule has 0 bridgehead atoms. The van der Waals surface area contributed by atoms with Crippen LogP contribution in [0.4, 0.5) is 0 Å². The average Bonchev–Trinajstić information content (AvgIpc) is 2.78. The zero-order valence-electron chi connectivity index (χ0n) is 12.5. The predicted molar refractivity (Wildman–Crippen MR) is 82.5 cm³/mol. The van der Waals surface area contributed by atoms with Crippen LogP contribution in [0.5, 0.6) is 0 Å². The number of nitrogens with zero attached hydrogens (tertiary/aromatic N) is 1. The molecule has 0 spiro atoms. The number of hydrogen-bond acceptors (Lipinski definition) is 4. The van der Waals surface area contributed by atoms with Crippen molar-refractivity contribution in [3.8, 4) is 0 Å². The predicted octanol–water partition coefficient (Wildman–Crippen LogP) is 1.62. The van der Waals surface area contributed by atoms with Gasteiger partial charge in [-0.25, -0.2) is 16.8 Å². The molecule has 0 aliphatic carbocycles. The number of rotatable bonds is 4. The summed E-state index contributed by atoms with van der Waals surface area (Å²) in [7, 11) is -5.30. The standard InChI is InChI=1S/C14H21NO4S2/c1-11(2)12-4-6-14(7-5-12)21(18,19)15(3)13-8-9-20(16,17)10-13/h4-7,11,13H,8-10H2,1-3H3. The van der Waals surface area contributed by atoms with Gasteiger partial charge >= 0.3 is 0 Å². The number of sulfonamides is 1. The van der Waals surface area contributed by atoms with Gasteiger partial charge in [-0.3, -0.25) is 0 Å². The number of hydrogen-bond donors (Lipinski definition) is 0. The Morgan fingerprint density at radius 3 is 2.19 bits per heavy atom. The highest BCUT2D eigenvalue weighted by molar-refractivity contribution is 7.92. The van der Waals surface area contributed by atoms with Crippen molar-refractivity contribution in [1.29, 1.82) is 0 Å². The molecule has 1 atom stereocenters. The lowest BCUT2D eigenvalue weighted by molar-refractivity contribution is 0.394. The SMILES string of the molecule is CC(C)c1ccc(S(=O)(=O)N(C)C2CCS(=O)(=O)C2)cc1. The Balaban J connectivity index is 2.25. The van der Waals surface area contributed by atoms with Crippen molar-refractivity contribution in [1.82, 2.24) is 4.31 Å². The maximum atomic E-state index is 12.5. The average molecular weight is 331 g/mol. The van der Waals surface area contributed by atoms with Crippen LogP contribution in [0.15, 0.2) is 29.2 Å². The summed E-state index contributed by atoms with van der Waals surface area (Å²) in [6.07, 6.45) is 0.363. The van der Waals surface area contributed by atoms with E-state index in [-0.39, 0.29) is 16.4 Å². The topological polar surface area (TPSA) is 71.5 Å². The zero-order valence-corrected chi connectivity index (χ0v) is 14.1. The molecule has 1 unspecified atom stereocenters. The first-order valence-corrected chi connectivity index (χ1v) is 10.2. The molecule has 0 saturated carbocycles. The molecule has 2 rings (SSSR count). The molecule has 1 saturated heterocycles. The van der Waals surface area contributed by atoms with Gasteiger partial charge in [0, 0.05) is 13.1 Å². The van der Waals surface area contributed by atoms with Crippen LogP contribution < -0.4 is 0 Å². The second kappa shape index (κ2) is 5.70. The molecule has 1 aromatic rings. The summed E-state index contributed by atoms with van der Waals surface area (Å²) < 4.78 is 49.3. The molecule has 0 aromatic heterocycles. The van der Waals surface area contributed by atoms with E-state index in [4.69, 9.17) is 0 Å². The molecule has 0 N–H and O–H groups in total. The summed E-state index contributed by atoms with van der Waals surface area (Å²) in [4.78, 5) is 0.207. The minimum absolute atomic E-state index is 0.0593. The minimum atomic E-state index is -3.65. The van der Waals surface area contributed by atoms with Crippen LogP contribution in [0, 0.1) is 0 Å². The maximum Gasteiger partial charge on any atom is 0.243 e. The van der Waals surface area contributed by atoms with Gasteiger partial charge in [0.2, 0.25) is 10.0 Å². The lowest BCUT2D eigenvalue weighted by Gasteiger charge is -2.23. The van der Waals surface area contributed by atoms with Crippen LogP contribution in [0.3, 0.4) is 0 Å². The van der Waals surface area contributed by atoms with Crippen LogP contribution >= 0.6 is 0 Å². The van der Waals surface area contributed by atoms with Crippen LogP contribution in [0.25, 0.3) is 0 Å². The zero-order chi connectivity index (χ0) is 15.8. The summed E-state index contributed by atoms with van der Waals surface area (Å²) in [5.41, 5.74) is 1.07. The van der Waals surface area contributed by atoms with E-state index < -0.39 is 25.9 Å². The molecule has 1 fully saturated rings. The van der Waals surface area contributed by atoms with Gasteiger partial charge in [-0.05, 0) is 30.0 Å². The van der Waals surface area contributed by atoms with Crippen molar-refractivity contribution in [3.63, 3.8) is 0 Å². The largest absolute Gasteiger partial charge is 0.243 e. The fraction of sp³-hybridized carbons (Fsp3) is 0.571. The van der Waals surface area contributed by atoms with Gasteiger partial charge in [0.05, 0.1) is 16.4 Å². The minimum Gasteiger partial charge on any atom is -0.229 e. The van der Waals surface area contributed by atoms with E-state index in [0.717, 1.165) is 5.56 Å². The lowest BCUT2D eigenvalue weighted by Crippen LogP contribution is -2.37. The highest BCUT2D eigenvalue weighted by atomic mass is 32.2. The summed E-state index contributed by atoms with van der Waals surface area (Å²) >= 11 is 0. The Morgan fingerprint density at radius 1 is 1.19 bits per heavy atom. The van der Waals surface area contributed by atoms with Gasteiger partial charge in [-0.2, -0.15) is 4.31 Å². The van der Waals surface area contributed by atoms with Gasteiger partial charge in [0.25, 0.3) is 0 Å². The van der Waals surface area contributed by atoms with Crippen molar-refractivity contribution in [2.24, 2.45) is 0 Å². The van der Waals surface area contributed by atoms with Gasteiger partial charge in [-0.1, -0.05) is 26.0 Å². The molecule has 1 heterocycles. The van der Waals surface area contributed by atoms with Crippen molar-refractivity contribution >= 4 is 19.9 Å². The normalized spacial score (nSPS) is 22.0. The second-order valence-corrected chi connectivity index (χ2v) is 10.0. The first-order chi connectivity index (χ1) is 9.63. The Hall–Kier alpha value is -0.920. The molecule has 21 heavy (non-hydrogen) atoms. The van der Waals surface area contributed by atoms with Crippen LogP contribution in [-0.4, -0.2) is 45.7 Å². The molecule has 1 aliphatic heterocycles. The molecule has 0 radical (unpaired) electrons. The monoisotopic (exact) mass is 331 g/mol. The maximum absolute atomic E-state index is 12.5. The summed E-state index contributed by atoms with van der Waals surface area (Å²) in [6.45, 7) is 4.08. The van der Waals surface area contributed by atoms with E-state index in [1.165, 1.54) is 11.4 Å². The summed E-state index contributed by atoms with van der Waals surface area (Å²) in [6, 6.07) is 6.31. The summed E-state index contributed by atoms with van der Waals surface area (Å²) in [5.74, 6) is 0.302. The fourth-order valence-corrected chi connectivity index (χ4v) is 5.70. The lowest BCUT2D eigenvalue weighted by atomic mass is 10.0. The smallest absolute Gasteiger partial charge is 0.229 e. The van der Waals surface area contributed by atoms with Crippen LogP contribution in [-0.2, 0) is 19.9 Å². The fourth-order valence-electron chi connectivity index (χ4n) is 2.45. The third kappa shape index (κ3) is 3.46. The van der Waals surface area contributed by atoms with Gasteiger partial charge in [0.1, 0.15) is 0 Å². The van der Waals surface area contributed by atoms with Gasteiger partial charge in [-0.15, -0.1) is 0 Å². The van der Waals surface area contributed by atoms with Gasteiger partial charge in [0.15, 0.2) is 9.84 Å². The number of sulfone groups is 1. The molecular formula is C14H21NO4S2. The van der Waals surface area contributed by atoms with Crippen LogP contribution in [0.2, 0.25) is 0 Å². The highest BCUT2D eigenvalue weighted by Gasteiger charge is 2.36. The van der Waals surface area contributed by atoms with Crippen molar-refractivity contribution in [2.75, 3.05) is 18.6 Å². The van der Waals surface area contributed by atoms with Crippen LogP contribution in [0.1, 0.15) is 31.7 Å². The first kappa shape index (κ1) is 16.5. The Bertz CT molecular complexity index is 706. The molecule has 0 amide bonds. The molecule has 7 heteroatoms.